The Kier molecular flexibility index (Phi) is 3.36. The second-order valence-corrected chi connectivity index (χ2v) is 3.96. The van der Waals surface area contributed by atoms with E-state index >= 15 is 0 Å². The van der Waals surface area contributed by atoms with Crippen LogP contribution < -0.4 is 11.1 Å². The molecule has 1 rings (SSSR count). The lowest BCUT2D eigenvalue weighted by Gasteiger charge is -2.08. The first-order valence-corrected chi connectivity index (χ1v) is 4.69. The van der Waals surface area contributed by atoms with E-state index in [1.807, 2.05) is 0 Å². The summed E-state index contributed by atoms with van der Waals surface area (Å²) in [5.74, 6) is 0. The number of thiocarbonyl (C=S) groups is 1. The maximum absolute atomic E-state index is 5.90. The molecule has 0 unspecified atom stereocenters. The molecule has 3 N–H and O–H groups in total. The normalized spacial score (nSPS) is 9.77. The summed E-state index contributed by atoms with van der Waals surface area (Å²) in [7, 11) is 0. The molecular weight excluding hydrogens is 227 g/mol. The molecule has 1 aromatic rings. The smallest absolute Gasteiger partial charge is 0.0871 e. The van der Waals surface area contributed by atoms with E-state index in [0.29, 0.717) is 26.4 Å². The van der Waals surface area contributed by atoms with Crippen molar-refractivity contribution in [2.75, 3.05) is 11.1 Å². The first-order chi connectivity index (χ1) is 6.00. The van der Waals surface area contributed by atoms with Gasteiger partial charge in [-0.05, 0) is 19.1 Å². The van der Waals surface area contributed by atoms with Crippen molar-refractivity contribution >= 4 is 51.8 Å². The molecule has 0 aliphatic rings. The van der Waals surface area contributed by atoms with Gasteiger partial charge in [0.25, 0.3) is 0 Å². The molecule has 0 saturated carbocycles. The fraction of sp³-hybridized carbons (Fsp3) is 0.125. The number of hydrogen-bond acceptors (Lipinski definition) is 2. The van der Waals surface area contributed by atoms with Crippen LogP contribution in [-0.4, -0.2) is 4.99 Å². The van der Waals surface area contributed by atoms with Gasteiger partial charge in [-0.1, -0.05) is 35.4 Å². The molecule has 0 amide bonds. The molecule has 0 heterocycles. The van der Waals surface area contributed by atoms with Crippen molar-refractivity contribution in [3.05, 3.63) is 22.2 Å². The highest BCUT2D eigenvalue weighted by Gasteiger charge is 2.05. The van der Waals surface area contributed by atoms with Crippen molar-refractivity contribution in [1.82, 2.24) is 0 Å². The molecule has 0 bridgehead atoms. The number of benzene rings is 1. The van der Waals surface area contributed by atoms with E-state index in [1.54, 1.807) is 19.1 Å². The van der Waals surface area contributed by atoms with Gasteiger partial charge in [-0.2, -0.15) is 0 Å². The van der Waals surface area contributed by atoms with Gasteiger partial charge in [0, 0.05) is 5.02 Å². The zero-order valence-electron chi connectivity index (χ0n) is 6.90. The Hall–Kier alpha value is -0.510. The van der Waals surface area contributed by atoms with Gasteiger partial charge in [-0.15, -0.1) is 0 Å². The van der Waals surface area contributed by atoms with Gasteiger partial charge in [-0.25, -0.2) is 0 Å². The lowest BCUT2D eigenvalue weighted by atomic mass is 10.3. The van der Waals surface area contributed by atoms with Gasteiger partial charge >= 0.3 is 0 Å². The molecule has 0 aliphatic carbocycles. The summed E-state index contributed by atoms with van der Waals surface area (Å²) in [6.45, 7) is 1.75. The minimum absolute atomic E-state index is 0.438. The largest absolute Gasteiger partial charge is 0.397 e. The van der Waals surface area contributed by atoms with Crippen LogP contribution in [0.4, 0.5) is 11.4 Å². The highest BCUT2D eigenvalue weighted by molar-refractivity contribution is 7.80. The Morgan fingerprint density at radius 3 is 2.62 bits per heavy atom. The third kappa shape index (κ3) is 2.72. The molecule has 70 valence electrons. The van der Waals surface area contributed by atoms with Crippen LogP contribution in [0.25, 0.3) is 0 Å². The minimum atomic E-state index is 0.438. The maximum Gasteiger partial charge on any atom is 0.0871 e. The molecule has 13 heavy (non-hydrogen) atoms. The van der Waals surface area contributed by atoms with Crippen LogP contribution in [0.1, 0.15) is 6.92 Å². The van der Waals surface area contributed by atoms with Gasteiger partial charge < -0.3 is 11.1 Å². The summed E-state index contributed by atoms with van der Waals surface area (Å²) in [6.07, 6.45) is 0. The first-order valence-electron chi connectivity index (χ1n) is 3.53. The van der Waals surface area contributed by atoms with Crippen molar-refractivity contribution in [3.8, 4) is 0 Å². The van der Waals surface area contributed by atoms with E-state index in [0.717, 1.165) is 0 Å². The lowest BCUT2D eigenvalue weighted by molar-refractivity contribution is 1.62. The molecule has 0 spiro atoms. The van der Waals surface area contributed by atoms with E-state index in [4.69, 9.17) is 41.2 Å². The highest BCUT2D eigenvalue weighted by Crippen LogP contribution is 2.31. The predicted octanol–water partition coefficient (Wildman–Crippen LogP) is 3.33. The van der Waals surface area contributed by atoms with Crippen molar-refractivity contribution in [1.29, 1.82) is 0 Å². The van der Waals surface area contributed by atoms with Gasteiger partial charge in [0.15, 0.2) is 0 Å². The fourth-order valence-electron chi connectivity index (χ4n) is 0.891. The summed E-state index contributed by atoms with van der Waals surface area (Å²) in [5.41, 5.74) is 6.67. The molecule has 5 heteroatoms. The van der Waals surface area contributed by atoms with Gasteiger partial charge in [-0.3, -0.25) is 0 Å². The monoisotopic (exact) mass is 234 g/mol. The van der Waals surface area contributed by atoms with Crippen LogP contribution in [-0.2, 0) is 0 Å². The fourth-order valence-corrected chi connectivity index (χ4v) is 1.38. The topological polar surface area (TPSA) is 38.0 Å². The molecular formula is C8H8Cl2N2S. The Balaban J connectivity index is 3.12. The Bertz CT molecular complexity index is 352. The molecule has 0 aromatic heterocycles. The van der Waals surface area contributed by atoms with E-state index in [9.17, 15) is 0 Å². The lowest BCUT2D eigenvalue weighted by Crippen LogP contribution is -2.04. The van der Waals surface area contributed by atoms with Crippen molar-refractivity contribution in [2.45, 2.75) is 6.92 Å². The number of nitrogen functional groups attached to an aromatic ring is 1. The summed E-state index contributed by atoms with van der Waals surface area (Å²) in [4.78, 5) is 0.614. The molecule has 0 aliphatic heterocycles. The van der Waals surface area contributed by atoms with Crippen molar-refractivity contribution in [3.63, 3.8) is 0 Å². The third-order valence-corrected chi connectivity index (χ3v) is 2.12. The van der Waals surface area contributed by atoms with E-state index in [1.165, 1.54) is 0 Å². The summed E-state index contributed by atoms with van der Waals surface area (Å²) in [5, 5.41) is 3.86. The molecule has 0 radical (unpaired) electrons. The highest BCUT2D eigenvalue weighted by atomic mass is 35.5. The predicted molar refractivity (Wildman–Crippen MR) is 62.8 cm³/mol. The van der Waals surface area contributed by atoms with E-state index < -0.39 is 0 Å². The van der Waals surface area contributed by atoms with Crippen molar-refractivity contribution in [2.24, 2.45) is 0 Å². The van der Waals surface area contributed by atoms with E-state index in [-0.39, 0.29) is 0 Å². The van der Waals surface area contributed by atoms with Crippen LogP contribution in [0.5, 0.6) is 0 Å². The Morgan fingerprint density at radius 2 is 2.08 bits per heavy atom. The van der Waals surface area contributed by atoms with Gasteiger partial charge in [0.2, 0.25) is 0 Å². The van der Waals surface area contributed by atoms with Gasteiger partial charge in [0.1, 0.15) is 0 Å². The maximum atomic E-state index is 5.90. The molecule has 0 saturated heterocycles. The quantitative estimate of drug-likeness (QED) is 0.579. The Labute approximate surface area is 92.0 Å². The summed E-state index contributed by atoms with van der Waals surface area (Å²) < 4.78 is 0. The SMILES string of the molecule is CC(=S)Nc1cc(Cl)cc(N)c1Cl. The van der Waals surface area contributed by atoms with Crippen LogP contribution in [0, 0.1) is 0 Å². The second kappa shape index (κ2) is 4.13. The number of hydrogen-bond donors (Lipinski definition) is 2. The first kappa shape index (κ1) is 10.6. The molecule has 1 aromatic carbocycles. The van der Waals surface area contributed by atoms with Crippen LogP contribution in [0.3, 0.4) is 0 Å². The van der Waals surface area contributed by atoms with Crippen LogP contribution in [0.2, 0.25) is 10.0 Å². The number of halogens is 2. The van der Waals surface area contributed by atoms with Gasteiger partial charge in [0.05, 0.1) is 21.4 Å². The summed E-state index contributed by atoms with van der Waals surface area (Å²) in [6, 6.07) is 3.27. The zero-order chi connectivity index (χ0) is 10.0. The molecule has 2 nitrogen and oxygen atoms in total. The van der Waals surface area contributed by atoms with Crippen LogP contribution in [0.15, 0.2) is 12.1 Å². The average molecular weight is 235 g/mol. The van der Waals surface area contributed by atoms with E-state index in [2.05, 4.69) is 5.32 Å². The molecule has 0 fully saturated rings. The van der Waals surface area contributed by atoms with Crippen molar-refractivity contribution < 1.29 is 0 Å². The number of nitrogens with two attached hydrogens (primary N) is 1. The zero-order valence-corrected chi connectivity index (χ0v) is 9.22. The third-order valence-electron chi connectivity index (χ3n) is 1.38. The van der Waals surface area contributed by atoms with Crippen LogP contribution >= 0.6 is 35.4 Å². The summed E-state index contributed by atoms with van der Waals surface area (Å²) >= 11 is 16.6. The average Bonchev–Trinajstić information content (AvgIpc) is 1.98. The molecule has 0 atom stereocenters. The standard InChI is InChI=1S/C8H8Cl2N2S/c1-4(13)12-7-3-5(9)2-6(11)8(7)10/h2-3H,11H2,1H3,(H,12,13). The minimum Gasteiger partial charge on any atom is -0.397 e. The number of nitrogens with one attached hydrogen (secondary N) is 1. The number of rotatable bonds is 1. The second-order valence-electron chi connectivity index (χ2n) is 2.54. The number of anilines is 2. The Morgan fingerprint density at radius 1 is 1.46 bits per heavy atom.